The number of aromatic nitrogens is 4. The highest BCUT2D eigenvalue weighted by Crippen LogP contribution is 2.07. The lowest BCUT2D eigenvalue weighted by atomic mass is 10.3. The van der Waals surface area contributed by atoms with Crippen molar-refractivity contribution < 1.29 is 10.2 Å². The molecule has 5 N–H and O–H groups in total. The molecule has 0 bridgehead atoms. The van der Waals surface area contributed by atoms with Crippen LogP contribution in [-0.4, -0.2) is 49.6 Å². The lowest BCUT2D eigenvalue weighted by molar-refractivity contribution is 0.0942. The monoisotopic (exact) mass is 239 g/mol. The van der Waals surface area contributed by atoms with E-state index in [1.165, 1.54) is 6.33 Å². The van der Waals surface area contributed by atoms with E-state index in [4.69, 9.17) is 10.2 Å². The molecular formula is C9H13N5O3. The predicted octanol–water partition coefficient (Wildman–Crippen LogP) is -1.91. The van der Waals surface area contributed by atoms with Crippen LogP contribution >= 0.6 is 0 Å². The molecule has 2 aromatic heterocycles. The summed E-state index contributed by atoms with van der Waals surface area (Å²) in [6.07, 6.45) is 0.503. The molecule has 17 heavy (non-hydrogen) atoms. The van der Waals surface area contributed by atoms with Crippen LogP contribution in [-0.2, 0) is 6.54 Å². The Bertz CT molecular complexity index is 549. The first kappa shape index (κ1) is 11.7. The number of aliphatic hydroxyl groups is 2. The van der Waals surface area contributed by atoms with Crippen molar-refractivity contribution in [3.8, 4) is 0 Å². The van der Waals surface area contributed by atoms with Crippen LogP contribution < -0.4 is 10.9 Å². The molecule has 1 unspecified atom stereocenters. The molecule has 0 spiro atoms. The number of hydrogen-bond donors (Lipinski definition) is 5. The summed E-state index contributed by atoms with van der Waals surface area (Å²) in [7, 11) is 0. The summed E-state index contributed by atoms with van der Waals surface area (Å²) in [4.78, 5) is 17.8. The van der Waals surface area contributed by atoms with Crippen LogP contribution in [0, 0.1) is 0 Å². The molecule has 0 aromatic carbocycles. The largest absolute Gasteiger partial charge is 0.394 e. The smallest absolute Gasteiger partial charge is 0.276 e. The zero-order valence-electron chi connectivity index (χ0n) is 8.97. The third kappa shape index (κ3) is 2.49. The average molecular weight is 239 g/mol. The van der Waals surface area contributed by atoms with E-state index in [-0.39, 0.29) is 18.7 Å². The molecule has 0 aliphatic heterocycles. The Morgan fingerprint density at radius 1 is 1.53 bits per heavy atom. The van der Waals surface area contributed by atoms with Crippen LogP contribution in [0.3, 0.4) is 0 Å². The van der Waals surface area contributed by atoms with Gasteiger partial charge in [0.15, 0.2) is 0 Å². The van der Waals surface area contributed by atoms with Crippen LogP contribution in [0.2, 0.25) is 0 Å². The summed E-state index contributed by atoms with van der Waals surface area (Å²) in [5.74, 6) is 0. The number of aliphatic hydroxyl groups excluding tert-OH is 2. The topological polar surface area (TPSA) is 127 Å². The van der Waals surface area contributed by atoms with Crippen molar-refractivity contribution in [2.24, 2.45) is 0 Å². The first-order valence-corrected chi connectivity index (χ1v) is 5.12. The van der Waals surface area contributed by atoms with E-state index < -0.39 is 6.10 Å². The van der Waals surface area contributed by atoms with Gasteiger partial charge in [0.25, 0.3) is 5.56 Å². The highest BCUT2D eigenvalue weighted by molar-refractivity contribution is 5.75. The number of hydrogen-bond acceptors (Lipinski definition) is 6. The normalized spacial score (nSPS) is 13.1. The maximum Gasteiger partial charge on any atom is 0.276 e. The molecule has 0 saturated heterocycles. The Kier molecular flexibility index (Phi) is 3.47. The zero-order chi connectivity index (χ0) is 12.3. The van der Waals surface area contributed by atoms with E-state index in [2.05, 4.69) is 25.5 Å². The molecule has 0 aliphatic carbocycles. The van der Waals surface area contributed by atoms with E-state index in [0.717, 1.165) is 0 Å². The molecule has 8 nitrogen and oxygen atoms in total. The highest BCUT2D eigenvalue weighted by atomic mass is 16.3. The fourth-order valence-electron chi connectivity index (χ4n) is 1.44. The third-order valence-corrected chi connectivity index (χ3v) is 2.31. The number of H-pyrrole nitrogens is 2. The molecule has 0 radical (unpaired) electrons. The molecule has 0 aliphatic rings. The quantitative estimate of drug-likeness (QED) is 0.414. The summed E-state index contributed by atoms with van der Waals surface area (Å²) in [6.45, 7) is 0.299. The molecule has 2 aromatic rings. The van der Waals surface area contributed by atoms with Crippen molar-refractivity contribution in [3.05, 3.63) is 22.4 Å². The third-order valence-electron chi connectivity index (χ3n) is 2.31. The van der Waals surface area contributed by atoms with Gasteiger partial charge in [-0.3, -0.25) is 9.89 Å². The molecule has 8 heteroatoms. The Morgan fingerprint density at radius 3 is 3.12 bits per heavy atom. The van der Waals surface area contributed by atoms with Crippen LogP contribution in [0.15, 0.2) is 11.1 Å². The van der Waals surface area contributed by atoms with Crippen molar-refractivity contribution in [1.82, 2.24) is 25.5 Å². The van der Waals surface area contributed by atoms with E-state index in [1.807, 2.05) is 0 Å². The molecule has 0 saturated carbocycles. The Balaban J connectivity index is 2.09. The molecule has 92 valence electrons. The number of nitrogens with zero attached hydrogens (tertiary/aromatic N) is 2. The first-order valence-electron chi connectivity index (χ1n) is 5.12. The lowest BCUT2D eigenvalue weighted by Crippen LogP contribution is -2.29. The summed E-state index contributed by atoms with van der Waals surface area (Å²) in [5.41, 5.74) is 1.15. The maximum atomic E-state index is 11.4. The molecule has 0 amide bonds. The first-order chi connectivity index (χ1) is 8.22. The van der Waals surface area contributed by atoms with E-state index in [1.54, 1.807) is 0 Å². The minimum absolute atomic E-state index is 0.244. The molecule has 2 rings (SSSR count). The molecule has 0 fully saturated rings. The van der Waals surface area contributed by atoms with Gasteiger partial charge in [0.2, 0.25) is 0 Å². The van der Waals surface area contributed by atoms with Crippen molar-refractivity contribution in [2.75, 3.05) is 13.2 Å². The van der Waals surface area contributed by atoms with Crippen molar-refractivity contribution >= 4 is 11.0 Å². The Morgan fingerprint density at radius 2 is 2.35 bits per heavy atom. The predicted molar refractivity (Wildman–Crippen MR) is 59.3 cm³/mol. The van der Waals surface area contributed by atoms with Gasteiger partial charge >= 0.3 is 0 Å². The molecular weight excluding hydrogens is 226 g/mol. The number of aromatic amines is 2. The van der Waals surface area contributed by atoms with E-state index in [9.17, 15) is 4.79 Å². The second-order valence-corrected chi connectivity index (χ2v) is 3.59. The van der Waals surface area contributed by atoms with Crippen molar-refractivity contribution in [2.45, 2.75) is 12.6 Å². The fourth-order valence-corrected chi connectivity index (χ4v) is 1.44. The minimum Gasteiger partial charge on any atom is -0.394 e. The summed E-state index contributed by atoms with van der Waals surface area (Å²) < 4.78 is 0. The maximum absolute atomic E-state index is 11.4. The number of nitrogens with one attached hydrogen (secondary N) is 3. The Labute approximate surface area is 95.7 Å². The van der Waals surface area contributed by atoms with Gasteiger partial charge in [0, 0.05) is 13.1 Å². The van der Waals surface area contributed by atoms with Gasteiger partial charge in [-0.25, -0.2) is 4.98 Å². The van der Waals surface area contributed by atoms with Gasteiger partial charge in [-0.15, -0.1) is 0 Å². The average Bonchev–Trinajstić information content (AvgIpc) is 2.74. The van der Waals surface area contributed by atoms with Gasteiger partial charge < -0.3 is 20.5 Å². The van der Waals surface area contributed by atoms with Crippen LogP contribution in [0.4, 0.5) is 0 Å². The molecule has 1 atom stereocenters. The fraction of sp³-hybridized carbons (Fsp3) is 0.444. The van der Waals surface area contributed by atoms with E-state index >= 15 is 0 Å². The minimum atomic E-state index is -0.809. The van der Waals surface area contributed by atoms with Gasteiger partial charge in [-0.05, 0) is 0 Å². The Hall–Kier alpha value is -1.77. The van der Waals surface area contributed by atoms with Crippen LogP contribution in [0.1, 0.15) is 5.69 Å². The highest BCUT2D eigenvalue weighted by Gasteiger charge is 2.09. The standard InChI is InChI=1S/C9H13N5O3/c15-3-5(16)1-10-2-6-7-8(14-13-6)9(17)12-4-11-7/h4-5,10,15-16H,1-3H2,(H,13,14)(H,11,12,17). The molecule has 2 heterocycles. The summed E-state index contributed by atoms with van der Waals surface area (Å²) >= 11 is 0. The van der Waals surface area contributed by atoms with Crippen molar-refractivity contribution in [3.63, 3.8) is 0 Å². The second-order valence-electron chi connectivity index (χ2n) is 3.59. The second kappa shape index (κ2) is 5.04. The lowest BCUT2D eigenvalue weighted by Gasteiger charge is -2.07. The van der Waals surface area contributed by atoms with Crippen LogP contribution in [0.25, 0.3) is 11.0 Å². The van der Waals surface area contributed by atoms with Crippen LogP contribution in [0.5, 0.6) is 0 Å². The van der Waals surface area contributed by atoms with Gasteiger partial charge in [0.05, 0.1) is 19.0 Å². The van der Waals surface area contributed by atoms with Gasteiger partial charge in [0.1, 0.15) is 16.7 Å². The SMILES string of the molecule is O=c1[nH]cnc2c(CNCC(O)CO)n[nH]c12. The van der Waals surface area contributed by atoms with E-state index in [0.29, 0.717) is 23.3 Å². The number of fused-ring (bicyclic) bond motifs is 1. The summed E-state index contributed by atoms with van der Waals surface area (Å²) in [5, 5.41) is 27.2. The van der Waals surface area contributed by atoms with Crippen molar-refractivity contribution in [1.29, 1.82) is 0 Å². The van der Waals surface area contributed by atoms with Gasteiger partial charge in [-0.1, -0.05) is 0 Å². The van der Waals surface area contributed by atoms with Gasteiger partial charge in [-0.2, -0.15) is 5.10 Å². The number of rotatable bonds is 5. The summed E-state index contributed by atoms with van der Waals surface area (Å²) in [6, 6.07) is 0. The zero-order valence-corrected chi connectivity index (χ0v) is 8.97.